The number of hydrogen-bond donors (Lipinski definition) is 2. The van der Waals surface area contributed by atoms with E-state index in [-0.39, 0.29) is 11.4 Å². The van der Waals surface area contributed by atoms with Crippen molar-refractivity contribution in [2.45, 2.75) is 19.4 Å². The smallest absolute Gasteiger partial charge is 0.170 e. The summed E-state index contributed by atoms with van der Waals surface area (Å²) in [6.07, 6.45) is 0. The van der Waals surface area contributed by atoms with Crippen LogP contribution in [-0.4, -0.2) is 48.4 Å². The van der Waals surface area contributed by atoms with Crippen LogP contribution in [0.25, 0.3) is 0 Å². The van der Waals surface area contributed by atoms with Crippen LogP contribution in [0.5, 0.6) is 0 Å². The van der Waals surface area contributed by atoms with Crippen LogP contribution in [0.3, 0.4) is 0 Å². The van der Waals surface area contributed by atoms with E-state index in [0.29, 0.717) is 5.11 Å². The molecule has 2 rings (SSSR count). The summed E-state index contributed by atoms with van der Waals surface area (Å²) in [4.78, 5) is 2.39. The van der Waals surface area contributed by atoms with Crippen molar-refractivity contribution in [3.8, 4) is 0 Å². The number of anilines is 1. The molecule has 0 aromatic heterocycles. The number of rotatable bonds is 4. The second-order valence-corrected chi connectivity index (χ2v) is 6.13. The summed E-state index contributed by atoms with van der Waals surface area (Å²) in [7, 11) is 0. The lowest BCUT2D eigenvalue weighted by molar-refractivity contribution is -0.00823. The minimum absolute atomic E-state index is 0.00167. The number of halogens is 1. The molecule has 0 saturated carbocycles. The van der Waals surface area contributed by atoms with Crippen LogP contribution in [0.4, 0.5) is 10.1 Å². The fraction of sp³-hybridized carbons (Fsp3) is 0.533. The fourth-order valence-corrected chi connectivity index (χ4v) is 2.48. The third-order valence-corrected chi connectivity index (χ3v) is 3.90. The molecule has 0 unspecified atom stereocenters. The Kier molecular flexibility index (Phi) is 5.50. The molecule has 1 fully saturated rings. The largest absolute Gasteiger partial charge is 0.379 e. The van der Waals surface area contributed by atoms with Crippen molar-refractivity contribution < 1.29 is 9.13 Å². The highest BCUT2D eigenvalue weighted by atomic mass is 32.1. The van der Waals surface area contributed by atoms with E-state index in [1.165, 1.54) is 12.1 Å². The van der Waals surface area contributed by atoms with Gasteiger partial charge < -0.3 is 15.4 Å². The van der Waals surface area contributed by atoms with Gasteiger partial charge >= 0.3 is 0 Å². The topological polar surface area (TPSA) is 36.5 Å². The highest BCUT2D eigenvalue weighted by Crippen LogP contribution is 2.15. The molecule has 0 atom stereocenters. The van der Waals surface area contributed by atoms with Crippen LogP contribution >= 0.6 is 12.2 Å². The van der Waals surface area contributed by atoms with E-state index in [9.17, 15) is 4.39 Å². The van der Waals surface area contributed by atoms with E-state index in [1.54, 1.807) is 12.1 Å². The van der Waals surface area contributed by atoms with Crippen molar-refractivity contribution in [2.75, 3.05) is 38.2 Å². The maximum atomic E-state index is 12.8. The Labute approximate surface area is 130 Å². The van der Waals surface area contributed by atoms with Crippen molar-refractivity contribution in [2.24, 2.45) is 0 Å². The number of nitrogens with zero attached hydrogens (tertiary/aromatic N) is 1. The fourth-order valence-electron chi connectivity index (χ4n) is 2.29. The molecule has 116 valence electrons. The molecule has 2 N–H and O–H groups in total. The molecule has 1 heterocycles. The normalized spacial score (nSPS) is 16.5. The first-order valence-electron chi connectivity index (χ1n) is 7.10. The van der Waals surface area contributed by atoms with Crippen LogP contribution in [-0.2, 0) is 4.74 Å². The SMILES string of the molecule is CC(C)(CNC(=S)Nc1ccc(F)cc1)N1CCOCC1. The minimum Gasteiger partial charge on any atom is -0.379 e. The zero-order chi connectivity index (χ0) is 15.3. The summed E-state index contributed by atoms with van der Waals surface area (Å²) in [6.45, 7) is 8.54. The second kappa shape index (κ2) is 7.15. The van der Waals surface area contributed by atoms with Crippen LogP contribution in [0.2, 0.25) is 0 Å². The summed E-state index contributed by atoms with van der Waals surface area (Å²) >= 11 is 5.28. The van der Waals surface area contributed by atoms with Gasteiger partial charge in [0.05, 0.1) is 13.2 Å². The zero-order valence-corrected chi connectivity index (χ0v) is 13.3. The summed E-state index contributed by atoms with van der Waals surface area (Å²) < 4.78 is 18.2. The summed E-state index contributed by atoms with van der Waals surface area (Å²) in [5.74, 6) is -0.257. The number of ether oxygens (including phenoxy) is 1. The maximum absolute atomic E-state index is 12.8. The minimum atomic E-state index is -0.257. The Bertz CT molecular complexity index is 472. The van der Waals surface area contributed by atoms with Gasteiger partial charge in [-0.05, 0) is 50.3 Å². The van der Waals surface area contributed by atoms with Crippen LogP contribution in [0.1, 0.15) is 13.8 Å². The van der Waals surface area contributed by atoms with Gasteiger partial charge in [-0.2, -0.15) is 0 Å². The molecule has 6 heteroatoms. The molecule has 0 bridgehead atoms. The molecule has 1 saturated heterocycles. The van der Waals surface area contributed by atoms with Gasteiger partial charge in [0.2, 0.25) is 0 Å². The number of thiocarbonyl (C=S) groups is 1. The number of morpholine rings is 1. The van der Waals surface area contributed by atoms with E-state index in [2.05, 4.69) is 29.4 Å². The Morgan fingerprint density at radius 3 is 2.52 bits per heavy atom. The van der Waals surface area contributed by atoms with Crippen molar-refractivity contribution in [3.05, 3.63) is 30.1 Å². The molecule has 0 amide bonds. The lowest BCUT2D eigenvalue weighted by Gasteiger charge is -2.41. The maximum Gasteiger partial charge on any atom is 0.170 e. The molecule has 0 spiro atoms. The highest BCUT2D eigenvalue weighted by Gasteiger charge is 2.28. The number of nitrogens with one attached hydrogen (secondary N) is 2. The highest BCUT2D eigenvalue weighted by molar-refractivity contribution is 7.80. The van der Waals surface area contributed by atoms with Gasteiger partial charge in [-0.15, -0.1) is 0 Å². The summed E-state index contributed by atoms with van der Waals surface area (Å²) in [5, 5.41) is 6.83. The summed E-state index contributed by atoms with van der Waals surface area (Å²) in [6, 6.07) is 6.14. The first-order valence-corrected chi connectivity index (χ1v) is 7.51. The van der Waals surface area contributed by atoms with E-state index >= 15 is 0 Å². The predicted octanol–water partition coefficient (Wildman–Crippen LogP) is 2.22. The van der Waals surface area contributed by atoms with E-state index in [1.807, 2.05) is 0 Å². The molecule has 0 aliphatic carbocycles. The molecule has 21 heavy (non-hydrogen) atoms. The van der Waals surface area contributed by atoms with E-state index in [4.69, 9.17) is 17.0 Å². The Morgan fingerprint density at radius 2 is 1.90 bits per heavy atom. The van der Waals surface area contributed by atoms with Gasteiger partial charge in [0.1, 0.15) is 5.82 Å². The Hall–Kier alpha value is -1.24. The van der Waals surface area contributed by atoms with Crippen LogP contribution in [0.15, 0.2) is 24.3 Å². The predicted molar refractivity (Wildman–Crippen MR) is 87.1 cm³/mol. The van der Waals surface area contributed by atoms with E-state index in [0.717, 1.165) is 38.5 Å². The molecular weight excluding hydrogens is 289 g/mol. The number of hydrogen-bond acceptors (Lipinski definition) is 3. The van der Waals surface area contributed by atoms with Gasteiger partial charge in [-0.25, -0.2) is 4.39 Å². The average Bonchev–Trinajstić information content (AvgIpc) is 2.49. The standard InChI is InChI=1S/C15H22FN3OS/c1-15(2,19-7-9-20-10-8-19)11-17-14(21)18-13-5-3-12(16)4-6-13/h3-6H,7-11H2,1-2H3,(H2,17,18,21). The molecule has 0 radical (unpaired) electrons. The second-order valence-electron chi connectivity index (χ2n) is 5.73. The van der Waals surface area contributed by atoms with Crippen LogP contribution in [0, 0.1) is 5.82 Å². The first kappa shape index (κ1) is 16.1. The average molecular weight is 311 g/mol. The van der Waals surface area contributed by atoms with Gasteiger partial charge in [0, 0.05) is 30.9 Å². The molecule has 4 nitrogen and oxygen atoms in total. The molecule has 1 aliphatic rings. The zero-order valence-electron chi connectivity index (χ0n) is 12.5. The third kappa shape index (κ3) is 4.91. The first-order chi connectivity index (χ1) is 9.97. The monoisotopic (exact) mass is 311 g/mol. The van der Waals surface area contributed by atoms with E-state index < -0.39 is 0 Å². The number of benzene rings is 1. The quantitative estimate of drug-likeness (QED) is 0.834. The molecule has 1 aliphatic heterocycles. The van der Waals surface area contributed by atoms with Crippen molar-refractivity contribution >= 4 is 23.0 Å². The summed E-state index contributed by atoms with van der Waals surface area (Å²) in [5.41, 5.74) is 0.774. The lowest BCUT2D eigenvalue weighted by atomic mass is 10.0. The van der Waals surface area contributed by atoms with Crippen molar-refractivity contribution in [1.82, 2.24) is 10.2 Å². The lowest BCUT2D eigenvalue weighted by Crippen LogP contribution is -2.55. The molecular formula is C15H22FN3OS. The van der Waals surface area contributed by atoms with Gasteiger partial charge in [-0.3, -0.25) is 4.90 Å². The van der Waals surface area contributed by atoms with Gasteiger partial charge in [0.15, 0.2) is 5.11 Å². The van der Waals surface area contributed by atoms with Gasteiger partial charge in [0.25, 0.3) is 0 Å². The van der Waals surface area contributed by atoms with Crippen molar-refractivity contribution in [1.29, 1.82) is 0 Å². The third-order valence-electron chi connectivity index (χ3n) is 3.65. The van der Waals surface area contributed by atoms with Crippen molar-refractivity contribution in [3.63, 3.8) is 0 Å². The van der Waals surface area contributed by atoms with Gasteiger partial charge in [-0.1, -0.05) is 0 Å². The molecule has 1 aromatic carbocycles. The molecule has 1 aromatic rings. The Balaban J connectivity index is 1.81. The Morgan fingerprint density at radius 1 is 1.29 bits per heavy atom. The van der Waals surface area contributed by atoms with Crippen LogP contribution < -0.4 is 10.6 Å².